The zero-order valence-electron chi connectivity index (χ0n) is 11.0. The van der Waals surface area contributed by atoms with E-state index >= 15 is 0 Å². The van der Waals surface area contributed by atoms with Gasteiger partial charge in [0.05, 0.1) is 11.8 Å². The highest BCUT2D eigenvalue weighted by Crippen LogP contribution is 2.30. The Labute approximate surface area is 121 Å². The molecule has 1 aliphatic rings. The molecule has 0 atom stereocenters. The van der Waals surface area contributed by atoms with Crippen molar-refractivity contribution in [3.8, 4) is 0 Å². The Balaban J connectivity index is 1.68. The number of nitrogens with zero attached hydrogens (tertiary/aromatic N) is 2. The number of hydrazone groups is 1. The van der Waals surface area contributed by atoms with Gasteiger partial charge in [0.2, 0.25) is 0 Å². The Bertz CT molecular complexity index is 634. The number of aryl methyl sites for hydroxylation is 1. The summed E-state index contributed by atoms with van der Waals surface area (Å²) < 4.78 is 0. The molecule has 2 aromatic heterocycles. The molecule has 5 heteroatoms. The molecule has 0 bridgehead atoms. The van der Waals surface area contributed by atoms with E-state index in [2.05, 4.69) is 15.5 Å². The highest BCUT2D eigenvalue weighted by Gasteiger charge is 2.19. The molecule has 0 aromatic carbocycles. The van der Waals surface area contributed by atoms with Crippen LogP contribution >= 0.6 is 11.3 Å². The molecular weight excluding hydrogens is 270 g/mol. The quantitative estimate of drug-likeness (QED) is 0.696. The number of carbonyl (C=O) groups is 1. The number of aromatic nitrogens is 1. The van der Waals surface area contributed by atoms with Gasteiger partial charge >= 0.3 is 0 Å². The number of pyridine rings is 1. The largest absolute Gasteiger partial charge is 0.272 e. The lowest BCUT2D eigenvalue weighted by molar-refractivity contribution is 0.0954. The third-order valence-corrected chi connectivity index (χ3v) is 4.48. The fraction of sp³-hybridized carbons (Fsp3) is 0.267. The van der Waals surface area contributed by atoms with E-state index < -0.39 is 0 Å². The first-order chi connectivity index (χ1) is 9.84. The predicted octanol–water partition coefficient (Wildman–Crippen LogP) is 2.79. The van der Waals surface area contributed by atoms with E-state index in [4.69, 9.17) is 0 Å². The zero-order chi connectivity index (χ0) is 13.8. The van der Waals surface area contributed by atoms with Crippen LogP contribution in [0, 0.1) is 0 Å². The average molecular weight is 285 g/mol. The monoisotopic (exact) mass is 285 g/mol. The Hall–Kier alpha value is -2.01. The highest BCUT2D eigenvalue weighted by molar-refractivity contribution is 7.10. The lowest BCUT2D eigenvalue weighted by Crippen LogP contribution is -2.19. The van der Waals surface area contributed by atoms with Crippen molar-refractivity contribution in [1.29, 1.82) is 0 Å². The second-order valence-corrected chi connectivity index (χ2v) is 5.70. The molecule has 0 unspecified atom stereocenters. The molecule has 2 aromatic rings. The third-order valence-electron chi connectivity index (χ3n) is 3.39. The number of amides is 1. The molecule has 0 saturated heterocycles. The van der Waals surface area contributed by atoms with Gasteiger partial charge in [-0.3, -0.25) is 9.78 Å². The maximum absolute atomic E-state index is 12.1. The van der Waals surface area contributed by atoms with Crippen LogP contribution in [0.15, 0.2) is 35.0 Å². The van der Waals surface area contributed by atoms with Crippen molar-refractivity contribution < 1.29 is 4.79 Å². The standard InChI is InChI=1S/C15H15N3OS/c19-15(18-17-9-11-5-7-16-8-6-11)13-10-20-14-4-2-1-3-12(13)14/h5-10H,1-4H2,(H,18,19)/b17-9-. The average Bonchev–Trinajstić information content (AvgIpc) is 2.92. The Morgan fingerprint density at radius 1 is 1.30 bits per heavy atom. The van der Waals surface area contributed by atoms with Crippen molar-refractivity contribution in [3.63, 3.8) is 0 Å². The number of rotatable bonds is 3. The highest BCUT2D eigenvalue weighted by atomic mass is 32.1. The van der Waals surface area contributed by atoms with Crippen molar-refractivity contribution in [1.82, 2.24) is 10.4 Å². The van der Waals surface area contributed by atoms with E-state index in [-0.39, 0.29) is 5.91 Å². The maximum atomic E-state index is 12.1. The summed E-state index contributed by atoms with van der Waals surface area (Å²) in [6, 6.07) is 3.67. The van der Waals surface area contributed by atoms with Crippen molar-refractivity contribution in [2.75, 3.05) is 0 Å². The minimum atomic E-state index is -0.116. The van der Waals surface area contributed by atoms with E-state index in [0.717, 1.165) is 24.0 Å². The number of fused-ring (bicyclic) bond motifs is 1. The van der Waals surface area contributed by atoms with Gasteiger partial charge in [0, 0.05) is 22.7 Å². The van der Waals surface area contributed by atoms with Gasteiger partial charge in [0.25, 0.3) is 5.91 Å². The van der Waals surface area contributed by atoms with Gasteiger partial charge in [-0.25, -0.2) is 5.43 Å². The van der Waals surface area contributed by atoms with Gasteiger partial charge in [-0.15, -0.1) is 11.3 Å². The summed E-state index contributed by atoms with van der Waals surface area (Å²) in [5, 5.41) is 5.95. The molecule has 1 N–H and O–H groups in total. The van der Waals surface area contributed by atoms with Gasteiger partial charge in [-0.05, 0) is 48.9 Å². The summed E-state index contributed by atoms with van der Waals surface area (Å²) in [6.45, 7) is 0. The summed E-state index contributed by atoms with van der Waals surface area (Å²) in [6.07, 6.45) is 9.53. The van der Waals surface area contributed by atoms with E-state index in [9.17, 15) is 4.79 Å². The van der Waals surface area contributed by atoms with Gasteiger partial charge in [-0.1, -0.05) is 0 Å². The summed E-state index contributed by atoms with van der Waals surface area (Å²) >= 11 is 1.69. The van der Waals surface area contributed by atoms with Crippen molar-refractivity contribution in [2.24, 2.45) is 5.10 Å². The molecule has 0 spiro atoms. The normalized spacial score (nSPS) is 14.2. The second-order valence-electron chi connectivity index (χ2n) is 4.74. The van der Waals surface area contributed by atoms with E-state index in [1.807, 2.05) is 17.5 Å². The van der Waals surface area contributed by atoms with Gasteiger partial charge in [-0.2, -0.15) is 5.10 Å². The lowest BCUT2D eigenvalue weighted by atomic mass is 9.96. The van der Waals surface area contributed by atoms with Gasteiger partial charge < -0.3 is 0 Å². The summed E-state index contributed by atoms with van der Waals surface area (Å²) in [5.74, 6) is -0.116. The topological polar surface area (TPSA) is 54.4 Å². The van der Waals surface area contributed by atoms with Crippen LogP contribution in [-0.4, -0.2) is 17.1 Å². The van der Waals surface area contributed by atoms with Crippen LogP contribution in [0.4, 0.5) is 0 Å². The number of nitrogens with one attached hydrogen (secondary N) is 1. The number of hydrogen-bond acceptors (Lipinski definition) is 4. The first kappa shape index (κ1) is 13.0. The molecule has 2 heterocycles. The molecule has 0 radical (unpaired) electrons. The Morgan fingerprint density at radius 3 is 2.95 bits per heavy atom. The first-order valence-corrected chi connectivity index (χ1v) is 7.55. The van der Waals surface area contributed by atoms with Crippen LogP contribution in [0.5, 0.6) is 0 Å². The molecule has 20 heavy (non-hydrogen) atoms. The number of hydrogen-bond donors (Lipinski definition) is 1. The number of carbonyl (C=O) groups excluding carboxylic acids is 1. The smallest absolute Gasteiger partial charge is 0.267 e. The minimum absolute atomic E-state index is 0.116. The van der Waals surface area contributed by atoms with Gasteiger partial charge in [0.1, 0.15) is 0 Å². The van der Waals surface area contributed by atoms with Crippen molar-refractivity contribution >= 4 is 23.5 Å². The molecule has 1 aliphatic carbocycles. The molecule has 3 rings (SSSR count). The maximum Gasteiger partial charge on any atom is 0.272 e. The number of thiophene rings is 1. The SMILES string of the molecule is O=C(N/N=C\c1ccncc1)c1csc2c1CCCC2. The molecule has 1 amide bonds. The van der Waals surface area contributed by atoms with Crippen molar-refractivity contribution in [3.05, 3.63) is 51.5 Å². The lowest BCUT2D eigenvalue weighted by Gasteiger charge is -2.11. The van der Waals surface area contributed by atoms with Crippen LogP contribution < -0.4 is 5.43 Å². The first-order valence-electron chi connectivity index (χ1n) is 6.67. The van der Waals surface area contributed by atoms with Crippen LogP contribution in [0.25, 0.3) is 0 Å². The van der Waals surface area contributed by atoms with Crippen molar-refractivity contribution in [2.45, 2.75) is 25.7 Å². The third kappa shape index (κ3) is 2.77. The minimum Gasteiger partial charge on any atom is -0.267 e. The fourth-order valence-corrected chi connectivity index (χ4v) is 3.49. The fourth-order valence-electron chi connectivity index (χ4n) is 2.36. The van der Waals surface area contributed by atoms with Gasteiger partial charge in [0.15, 0.2) is 0 Å². The molecule has 102 valence electrons. The van der Waals surface area contributed by atoms with Crippen LogP contribution in [-0.2, 0) is 12.8 Å². The van der Waals surface area contributed by atoms with Crippen LogP contribution in [0.3, 0.4) is 0 Å². The summed E-state index contributed by atoms with van der Waals surface area (Å²) in [7, 11) is 0. The van der Waals surface area contributed by atoms with E-state index in [1.54, 1.807) is 29.9 Å². The molecule has 0 saturated carbocycles. The summed E-state index contributed by atoms with van der Waals surface area (Å²) in [5.41, 5.74) is 5.52. The second kappa shape index (κ2) is 5.96. The van der Waals surface area contributed by atoms with E-state index in [0.29, 0.717) is 0 Å². The Morgan fingerprint density at radius 2 is 2.10 bits per heavy atom. The van der Waals surface area contributed by atoms with Crippen LogP contribution in [0.2, 0.25) is 0 Å². The molecule has 0 aliphatic heterocycles. The molecule has 4 nitrogen and oxygen atoms in total. The predicted molar refractivity (Wildman–Crippen MR) is 80.3 cm³/mol. The van der Waals surface area contributed by atoms with Crippen LogP contribution in [0.1, 0.15) is 39.2 Å². The molecule has 0 fully saturated rings. The molecular formula is C15H15N3OS. The Kier molecular flexibility index (Phi) is 3.87. The van der Waals surface area contributed by atoms with E-state index in [1.165, 1.54) is 23.3 Å². The summed E-state index contributed by atoms with van der Waals surface area (Å²) in [4.78, 5) is 17.4. The zero-order valence-corrected chi connectivity index (χ0v) is 11.8.